The lowest BCUT2D eigenvalue weighted by molar-refractivity contribution is -0.118. The monoisotopic (exact) mass is 620 g/mol. The first-order chi connectivity index (χ1) is 17.8. The van der Waals surface area contributed by atoms with Crippen LogP contribution >= 0.6 is 39.1 Å². The fourth-order valence-corrected chi connectivity index (χ4v) is 5.19. The van der Waals surface area contributed by atoms with Gasteiger partial charge >= 0.3 is 5.97 Å². The van der Waals surface area contributed by atoms with E-state index in [1.54, 1.807) is 56.9 Å². The van der Waals surface area contributed by atoms with Crippen LogP contribution in [0.4, 0.5) is 5.69 Å². The van der Waals surface area contributed by atoms with Crippen LogP contribution in [-0.2, 0) is 16.1 Å². The van der Waals surface area contributed by atoms with Crippen LogP contribution < -0.4 is 10.2 Å². The molecule has 1 unspecified atom stereocenters. The molecule has 0 saturated carbocycles. The molecule has 1 aliphatic rings. The Labute approximate surface area is 239 Å². The number of hydrogen-bond donors (Lipinski definition) is 1. The Hall–Kier alpha value is -2.88. The Balaban J connectivity index is 1.49. The molecule has 11 heteroatoms. The van der Waals surface area contributed by atoms with Gasteiger partial charge in [-0.05, 0) is 63.9 Å². The summed E-state index contributed by atoms with van der Waals surface area (Å²) in [6, 6.07) is 11.6. The van der Waals surface area contributed by atoms with Gasteiger partial charge in [-0.15, -0.1) is 0 Å². The minimum Gasteiger partial charge on any atom is -0.456 e. The first kappa shape index (κ1) is 28.1. The number of halogens is 3. The number of nitrogens with zero attached hydrogens (tertiary/aromatic N) is 3. The van der Waals surface area contributed by atoms with Crippen molar-refractivity contribution < 1.29 is 19.1 Å². The number of aromatic nitrogens is 2. The van der Waals surface area contributed by atoms with Crippen LogP contribution in [0.1, 0.15) is 59.2 Å². The highest BCUT2D eigenvalue weighted by Gasteiger charge is 2.35. The van der Waals surface area contributed by atoms with Gasteiger partial charge in [0.25, 0.3) is 5.91 Å². The lowest BCUT2D eigenvalue weighted by atomic mass is 10.1. The number of carbonyl (C=O) groups is 3. The number of ether oxygens (including phenoxy) is 1. The van der Waals surface area contributed by atoms with Crippen LogP contribution in [0.2, 0.25) is 10.2 Å². The second-order valence-electron chi connectivity index (χ2n) is 10.0. The summed E-state index contributed by atoms with van der Waals surface area (Å²) in [5.74, 6) is -1.26. The zero-order chi connectivity index (χ0) is 27.8. The second kappa shape index (κ2) is 11.1. The second-order valence-corrected chi connectivity index (χ2v) is 11.7. The Morgan fingerprint density at radius 3 is 2.58 bits per heavy atom. The SMILES string of the molecule is Cc1nn(Cc2ccccc2Cl)c(Cl)c1C(=O)NC1CCN(c2cc(Br)cc(C(=O)OC(C)(C)C)c2)C1=O. The van der Waals surface area contributed by atoms with Crippen molar-refractivity contribution in [1.82, 2.24) is 15.1 Å². The summed E-state index contributed by atoms with van der Waals surface area (Å²) in [4.78, 5) is 40.6. The number of benzene rings is 2. The number of hydrogen-bond acceptors (Lipinski definition) is 5. The molecule has 0 spiro atoms. The number of anilines is 1. The lowest BCUT2D eigenvalue weighted by Gasteiger charge is -2.21. The molecule has 2 amide bonds. The number of rotatable bonds is 6. The summed E-state index contributed by atoms with van der Waals surface area (Å²) in [5.41, 5.74) is 1.66. The summed E-state index contributed by atoms with van der Waals surface area (Å²) in [6.45, 7) is 7.71. The van der Waals surface area contributed by atoms with Crippen molar-refractivity contribution in [3.05, 3.63) is 79.5 Å². The Kier molecular flexibility index (Phi) is 8.20. The average Bonchev–Trinajstić information content (AvgIpc) is 3.32. The molecule has 4 rings (SSSR count). The number of nitrogens with one attached hydrogen (secondary N) is 1. The standard InChI is InChI=1S/C27H27BrCl2N4O4/c1-15-22(23(30)34(32-15)14-16-7-5-6-8-20(16)29)24(35)31-21-9-10-33(25(21)36)19-12-17(11-18(28)13-19)26(37)38-27(2,3)4/h5-8,11-13,21H,9-10,14H2,1-4H3,(H,31,35). The van der Waals surface area contributed by atoms with Crippen LogP contribution in [0.15, 0.2) is 46.9 Å². The highest BCUT2D eigenvalue weighted by molar-refractivity contribution is 9.10. The van der Waals surface area contributed by atoms with Crippen molar-refractivity contribution in [1.29, 1.82) is 0 Å². The summed E-state index contributed by atoms with van der Waals surface area (Å²) in [6.07, 6.45) is 0.392. The molecule has 38 heavy (non-hydrogen) atoms. The third kappa shape index (κ3) is 6.22. The summed E-state index contributed by atoms with van der Waals surface area (Å²) in [7, 11) is 0. The van der Waals surface area contributed by atoms with E-state index < -0.39 is 23.5 Å². The van der Waals surface area contributed by atoms with Crippen LogP contribution in [0.5, 0.6) is 0 Å². The van der Waals surface area contributed by atoms with Crippen LogP contribution in [-0.4, -0.2) is 45.8 Å². The molecule has 1 atom stereocenters. The lowest BCUT2D eigenvalue weighted by Crippen LogP contribution is -2.41. The van der Waals surface area contributed by atoms with Gasteiger partial charge < -0.3 is 15.0 Å². The number of carbonyl (C=O) groups excluding carboxylic acids is 3. The molecule has 0 radical (unpaired) electrons. The topological polar surface area (TPSA) is 93.5 Å². The minimum absolute atomic E-state index is 0.163. The third-order valence-corrected chi connectivity index (χ3v) is 7.12. The van der Waals surface area contributed by atoms with Gasteiger partial charge in [0.2, 0.25) is 5.91 Å². The normalized spacial score (nSPS) is 15.6. The largest absolute Gasteiger partial charge is 0.456 e. The van der Waals surface area contributed by atoms with E-state index in [1.165, 1.54) is 4.68 Å². The molecule has 0 bridgehead atoms. The Bertz CT molecular complexity index is 1420. The van der Waals surface area contributed by atoms with Crippen molar-refractivity contribution in [3.8, 4) is 0 Å². The summed E-state index contributed by atoms with van der Waals surface area (Å²) < 4.78 is 7.60. The van der Waals surface area contributed by atoms with Gasteiger partial charge in [-0.1, -0.05) is 57.3 Å². The first-order valence-corrected chi connectivity index (χ1v) is 13.5. The molecule has 1 aromatic heterocycles. The van der Waals surface area contributed by atoms with Crippen molar-refractivity contribution in [2.45, 2.75) is 52.3 Å². The maximum absolute atomic E-state index is 13.3. The van der Waals surface area contributed by atoms with E-state index >= 15 is 0 Å². The molecule has 1 saturated heterocycles. The van der Waals surface area contributed by atoms with Gasteiger partial charge in [0.15, 0.2) is 0 Å². The van der Waals surface area contributed by atoms with E-state index in [9.17, 15) is 14.4 Å². The van der Waals surface area contributed by atoms with E-state index in [-0.39, 0.29) is 16.6 Å². The van der Waals surface area contributed by atoms with E-state index in [1.807, 2.05) is 18.2 Å². The number of esters is 1. The summed E-state index contributed by atoms with van der Waals surface area (Å²) in [5, 5.41) is 7.94. The molecular formula is C27H27BrCl2N4O4. The zero-order valence-corrected chi connectivity index (χ0v) is 24.4. The fraction of sp³-hybridized carbons (Fsp3) is 0.333. The quantitative estimate of drug-likeness (QED) is 0.351. The van der Waals surface area contributed by atoms with Crippen LogP contribution in [0, 0.1) is 6.92 Å². The molecule has 2 heterocycles. The van der Waals surface area contributed by atoms with Gasteiger partial charge in [0, 0.05) is 21.7 Å². The molecule has 8 nitrogen and oxygen atoms in total. The van der Waals surface area contributed by atoms with Crippen molar-refractivity contribution >= 4 is 62.6 Å². The molecule has 2 aromatic carbocycles. The maximum atomic E-state index is 13.3. The molecular weight excluding hydrogens is 595 g/mol. The van der Waals surface area contributed by atoms with E-state index in [4.69, 9.17) is 27.9 Å². The van der Waals surface area contributed by atoms with Gasteiger partial charge in [-0.3, -0.25) is 9.59 Å². The van der Waals surface area contributed by atoms with E-state index in [2.05, 4.69) is 26.3 Å². The molecule has 1 N–H and O–H groups in total. The Morgan fingerprint density at radius 1 is 1.18 bits per heavy atom. The molecule has 200 valence electrons. The Morgan fingerprint density at radius 2 is 1.89 bits per heavy atom. The maximum Gasteiger partial charge on any atom is 0.338 e. The molecule has 0 aliphatic carbocycles. The minimum atomic E-state index is -0.756. The zero-order valence-electron chi connectivity index (χ0n) is 21.3. The number of amides is 2. The first-order valence-electron chi connectivity index (χ1n) is 12.0. The molecule has 3 aromatic rings. The van der Waals surface area contributed by atoms with Crippen molar-refractivity contribution in [2.75, 3.05) is 11.4 Å². The summed E-state index contributed by atoms with van der Waals surface area (Å²) >= 11 is 16.2. The van der Waals surface area contributed by atoms with E-state index in [0.29, 0.717) is 46.0 Å². The van der Waals surface area contributed by atoms with Gasteiger partial charge in [0.05, 0.1) is 23.4 Å². The molecule has 1 aliphatic heterocycles. The smallest absolute Gasteiger partial charge is 0.338 e. The predicted octanol–water partition coefficient (Wildman–Crippen LogP) is 5.80. The molecule has 1 fully saturated rings. The third-order valence-electron chi connectivity index (χ3n) is 5.91. The fourth-order valence-electron chi connectivity index (χ4n) is 4.19. The van der Waals surface area contributed by atoms with Crippen molar-refractivity contribution in [3.63, 3.8) is 0 Å². The highest BCUT2D eigenvalue weighted by atomic mass is 79.9. The average molecular weight is 622 g/mol. The highest BCUT2D eigenvalue weighted by Crippen LogP contribution is 2.29. The van der Waals surface area contributed by atoms with Gasteiger partial charge in [-0.25, -0.2) is 9.48 Å². The van der Waals surface area contributed by atoms with Crippen LogP contribution in [0.3, 0.4) is 0 Å². The predicted molar refractivity (Wildman–Crippen MR) is 150 cm³/mol. The van der Waals surface area contributed by atoms with Crippen LogP contribution in [0.25, 0.3) is 0 Å². The van der Waals surface area contributed by atoms with Gasteiger partial charge in [-0.2, -0.15) is 5.10 Å². The number of aryl methyl sites for hydroxylation is 1. The van der Waals surface area contributed by atoms with E-state index in [0.717, 1.165) is 5.56 Å². The van der Waals surface area contributed by atoms with Crippen molar-refractivity contribution in [2.24, 2.45) is 0 Å². The van der Waals surface area contributed by atoms with Gasteiger partial charge in [0.1, 0.15) is 16.8 Å².